The Morgan fingerprint density at radius 1 is 1.38 bits per heavy atom. The fourth-order valence-electron chi connectivity index (χ4n) is 1.51. The van der Waals surface area contributed by atoms with Crippen molar-refractivity contribution in [3.8, 4) is 0 Å². The van der Waals surface area contributed by atoms with Crippen molar-refractivity contribution < 1.29 is 12.3 Å². The van der Waals surface area contributed by atoms with Crippen LogP contribution in [0.1, 0.15) is 12.5 Å². The zero-order chi connectivity index (χ0) is 12.2. The van der Waals surface area contributed by atoms with Crippen molar-refractivity contribution in [1.29, 1.82) is 0 Å². The average Bonchev–Trinajstić information content (AvgIpc) is 2.17. The van der Waals surface area contributed by atoms with Gasteiger partial charge in [-0.05, 0) is 31.5 Å². The highest BCUT2D eigenvalue weighted by molar-refractivity contribution is 7.86. The van der Waals surface area contributed by atoms with Gasteiger partial charge in [0.15, 0.2) is 0 Å². The first-order valence-electron chi connectivity index (χ1n) is 5.16. The Labute approximate surface area is 96.1 Å². The number of hydrogen-bond donors (Lipinski definition) is 0. The summed E-state index contributed by atoms with van der Waals surface area (Å²) in [6.07, 6.45) is 0. The Morgan fingerprint density at radius 2 is 2.06 bits per heavy atom. The second-order valence-corrected chi connectivity index (χ2v) is 5.15. The highest BCUT2D eigenvalue weighted by atomic mass is 32.3. The molecule has 0 heterocycles. The normalized spacial score (nSPS) is 11.4. The molecule has 1 aromatic rings. The third-order valence-electron chi connectivity index (χ3n) is 2.35. The molecule has 0 amide bonds. The Morgan fingerprint density at radius 3 is 2.56 bits per heavy atom. The molecular formula is C11H16FNO2S. The third kappa shape index (κ3) is 4.18. The van der Waals surface area contributed by atoms with E-state index in [2.05, 4.69) is 0 Å². The molecule has 0 aliphatic heterocycles. The first-order chi connectivity index (χ1) is 7.42. The summed E-state index contributed by atoms with van der Waals surface area (Å²) in [6.45, 7) is 4.70. The summed E-state index contributed by atoms with van der Waals surface area (Å²) in [4.78, 5) is 1.84. The van der Waals surface area contributed by atoms with Gasteiger partial charge >= 0.3 is 10.2 Å². The molecule has 3 nitrogen and oxygen atoms in total. The molecule has 5 heteroatoms. The van der Waals surface area contributed by atoms with E-state index in [1.54, 1.807) is 0 Å². The van der Waals surface area contributed by atoms with Crippen molar-refractivity contribution >= 4 is 15.9 Å². The monoisotopic (exact) mass is 245 g/mol. The SMILES string of the molecule is CCN(CCS(=O)(=O)F)c1cccc(C)c1. The molecule has 0 bridgehead atoms. The van der Waals surface area contributed by atoms with Crippen LogP contribution in [0, 0.1) is 6.92 Å². The van der Waals surface area contributed by atoms with E-state index in [-0.39, 0.29) is 6.54 Å². The molecule has 0 aliphatic carbocycles. The van der Waals surface area contributed by atoms with Gasteiger partial charge in [-0.25, -0.2) is 0 Å². The summed E-state index contributed by atoms with van der Waals surface area (Å²) in [5.41, 5.74) is 2.02. The molecule has 1 aromatic carbocycles. The van der Waals surface area contributed by atoms with Crippen LogP contribution >= 0.6 is 0 Å². The molecule has 0 spiro atoms. The Hall–Kier alpha value is -1.10. The first-order valence-corrected chi connectivity index (χ1v) is 6.71. The molecule has 0 saturated carbocycles. The van der Waals surface area contributed by atoms with Crippen LogP contribution in [-0.4, -0.2) is 27.3 Å². The lowest BCUT2D eigenvalue weighted by Crippen LogP contribution is -2.28. The number of aryl methyl sites for hydroxylation is 1. The lowest BCUT2D eigenvalue weighted by molar-refractivity contribution is 0.551. The summed E-state index contributed by atoms with van der Waals surface area (Å²) in [5.74, 6) is -0.464. The topological polar surface area (TPSA) is 37.4 Å². The predicted molar refractivity (Wildman–Crippen MR) is 64.0 cm³/mol. The van der Waals surface area contributed by atoms with E-state index in [1.165, 1.54) is 0 Å². The quantitative estimate of drug-likeness (QED) is 0.746. The van der Waals surface area contributed by atoms with Crippen molar-refractivity contribution in [3.05, 3.63) is 29.8 Å². The molecular weight excluding hydrogens is 229 g/mol. The maximum atomic E-state index is 12.4. The van der Waals surface area contributed by atoms with Gasteiger partial charge < -0.3 is 4.90 Å². The Balaban J connectivity index is 2.75. The van der Waals surface area contributed by atoms with Gasteiger partial charge in [0.1, 0.15) is 0 Å². The molecule has 16 heavy (non-hydrogen) atoms. The molecule has 0 radical (unpaired) electrons. The summed E-state index contributed by atoms with van der Waals surface area (Å²) < 4.78 is 33.3. The molecule has 0 saturated heterocycles. The van der Waals surface area contributed by atoms with E-state index >= 15 is 0 Å². The molecule has 90 valence electrons. The van der Waals surface area contributed by atoms with Crippen LogP contribution in [0.25, 0.3) is 0 Å². The summed E-state index contributed by atoms with van der Waals surface area (Å²) in [5, 5.41) is 0. The van der Waals surface area contributed by atoms with E-state index in [1.807, 2.05) is 43.0 Å². The highest BCUT2D eigenvalue weighted by Crippen LogP contribution is 2.15. The number of anilines is 1. The van der Waals surface area contributed by atoms with Gasteiger partial charge in [0, 0.05) is 18.8 Å². The number of halogens is 1. The molecule has 0 atom stereocenters. The number of nitrogens with zero attached hydrogens (tertiary/aromatic N) is 1. The van der Waals surface area contributed by atoms with E-state index in [4.69, 9.17) is 0 Å². The summed E-state index contributed by atoms with van der Waals surface area (Å²) >= 11 is 0. The molecule has 0 aromatic heterocycles. The van der Waals surface area contributed by atoms with E-state index in [0.717, 1.165) is 11.3 Å². The lowest BCUT2D eigenvalue weighted by atomic mass is 10.2. The van der Waals surface area contributed by atoms with Crippen molar-refractivity contribution in [2.45, 2.75) is 13.8 Å². The maximum absolute atomic E-state index is 12.4. The standard InChI is InChI=1S/C11H16FNO2S/c1-3-13(7-8-16(12,14)15)11-6-4-5-10(2)9-11/h4-6,9H,3,7-8H2,1-2H3. The number of hydrogen-bond acceptors (Lipinski definition) is 3. The van der Waals surface area contributed by atoms with Gasteiger partial charge in [-0.2, -0.15) is 8.42 Å². The average molecular weight is 245 g/mol. The van der Waals surface area contributed by atoms with Gasteiger partial charge in [-0.3, -0.25) is 0 Å². The smallest absolute Gasteiger partial charge is 0.304 e. The third-order valence-corrected chi connectivity index (χ3v) is 3.02. The van der Waals surface area contributed by atoms with Gasteiger partial charge in [0.25, 0.3) is 0 Å². The van der Waals surface area contributed by atoms with E-state index in [9.17, 15) is 12.3 Å². The number of benzene rings is 1. The van der Waals surface area contributed by atoms with Crippen molar-refractivity contribution in [2.24, 2.45) is 0 Å². The van der Waals surface area contributed by atoms with Crippen LogP contribution in [0.4, 0.5) is 9.57 Å². The van der Waals surface area contributed by atoms with Crippen molar-refractivity contribution in [1.82, 2.24) is 0 Å². The minimum Gasteiger partial charge on any atom is -0.371 e. The molecule has 0 unspecified atom stereocenters. The van der Waals surface area contributed by atoms with Crippen LogP contribution in [0.3, 0.4) is 0 Å². The summed E-state index contributed by atoms with van der Waals surface area (Å²) in [7, 11) is -4.39. The van der Waals surface area contributed by atoms with Crippen molar-refractivity contribution in [2.75, 3.05) is 23.7 Å². The molecule has 0 aliphatic rings. The Bertz CT molecular complexity index is 445. The highest BCUT2D eigenvalue weighted by Gasteiger charge is 2.11. The number of rotatable bonds is 5. The van der Waals surface area contributed by atoms with Crippen LogP contribution in [0.2, 0.25) is 0 Å². The fourth-order valence-corrected chi connectivity index (χ4v) is 1.95. The minimum absolute atomic E-state index is 0.179. The molecule has 0 fully saturated rings. The van der Waals surface area contributed by atoms with Gasteiger partial charge in [0.05, 0.1) is 5.75 Å². The minimum atomic E-state index is -4.39. The summed E-state index contributed by atoms with van der Waals surface area (Å²) in [6, 6.07) is 7.70. The lowest BCUT2D eigenvalue weighted by Gasteiger charge is -2.22. The van der Waals surface area contributed by atoms with Crippen LogP contribution in [-0.2, 0) is 10.2 Å². The van der Waals surface area contributed by atoms with Crippen molar-refractivity contribution in [3.63, 3.8) is 0 Å². The largest absolute Gasteiger partial charge is 0.371 e. The molecule has 1 rings (SSSR count). The Kier molecular flexibility index (Phi) is 4.29. The van der Waals surface area contributed by atoms with Crippen LogP contribution in [0.15, 0.2) is 24.3 Å². The molecule has 0 N–H and O–H groups in total. The van der Waals surface area contributed by atoms with Gasteiger partial charge in [0.2, 0.25) is 0 Å². The van der Waals surface area contributed by atoms with Gasteiger partial charge in [-0.1, -0.05) is 12.1 Å². The maximum Gasteiger partial charge on any atom is 0.304 e. The zero-order valence-electron chi connectivity index (χ0n) is 9.48. The fraction of sp³-hybridized carbons (Fsp3) is 0.455. The second kappa shape index (κ2) is 5.30. The zero-order valence-corrected chi connectivity index (χ0v) is 10.3. The van der Waals surface area contributed by atoms with E-state index < -0.39 is 16.0 Å². The first kappa shape index (κ1) is 13.0. The van der Waals surface area contributed by atoms with E-state index in [0.29, 0.717) is 6.54 Å². The van der Waals surface area contributed by atoms with Gasteiger partial charge in [-0.15, -0.1) is 3.89 Å². The predicted octanol–water partition coefficient (Wildman–Crippen LogP) is 2.12. The van der Waals surface area contributed by atoms with Crippen LogP contribution < -0.4 is 4.90 Å². The second-order valence-electron chi connectivity index (χ2n) is 3.66. The van der Waals surface area contributed by atoms with Crippen LogP contribution in [0.5, 0.6) is 0 Å².